The molecule has 1 unspecified atom stereocenters. The average Bonchev–Trinajstić information content (AvgIpc) is 3.37. The lowest BCUT2D eigenvalue weighted by Crippen LogP contribution is -2.53. The number of halogens is 2. The Labute approximate surface area is 194 Å². The van der Waals surface area contributed by atoms with Crippen LogP contribution in [0.3, 0.4) is 0 Å². The molecule has 8 nitrogen and oxygen atoms in total. The fraction of sp³-hybridized carbons (Fsp3) is 0.682. The fourth-order valence-corrected chi connectivity index (χ4v) is 5.84. The highest BCUT2D eigenvalue weighted by atomic mass is 32.1. The fourth-order valence-electron chi connectivity index (χ4n) is 4.55. The molecule has 3 N–H and O–H groups in total. The van der Waals surface area contributed by atoms with Gasteiger partial charge in [0.15, 0.2) is 0 Å². The number of aromatic nitrogens is 2. The van der Waals surface area contributed by atoms with Gasteiger partial charge >= 0.3 is 11.7 Å². The predicted octanol–water partition coefficient (Wildman–Crippen LogP) is 3.49. The molecule has 2 aliphatic carbocycles. The minimum Gasteiger partial charge on any atom is -0.350 e. The monoisotopic (exact) mass is 483 g/mol. The van der Waals surface area contributed by atoms with Gasteiger partial charge in [-0.3, -0.25) is 18.9 Å². The Kier molecular flexibility index (Phi) is 5.93. The average molecular weight is 484 g/mol. The van der Waals surface area contributed by atoms with Crippen molar-refractivity contribution in [3.63, 3.8) is 0 Å². The molecular weight excluding hydrogens is 452 g/mol. The van der Waals surface area contributed by atoms with E-state index in [-0.39, 0.29) is 43.5 Å². The summed E-state index contributed by atoms with van der Waals surface area (Å²) in [6.45, 7) is 7.74. The van der Waals surface area contributed by atoms with Crippen LogP contribution in [0, 0.1) is 12.8 Å². The summed E-state index contributed by atoms with van der Waals surface area (Å²) < 4.78 is 30.4. The van der Waals surface area contributed by atoms with Crippen LogP contribution in [0.5, 0.6) is 0 Å². The van der Waals surface area contributed by atoms with Crippen LogP contribution in [-0.2, 0) is 13.1 Å². The van der Waals surface area contributed by atoms with E-state index in [0.29, 0.717) is 22.2 Å². The first-order valence-electron chi connectivity index (χ1n) is 11.3. The number of rotatable bonds is 6. The molecule has 0 aromatic carbocycles. The molecule has 2 aromatic rings. The molecule has 2 heterocycles. The second-order valence-electron chi connectivity index (χ2n) is 10.4. The maximum Gasteiger partial charge on any atom is 0.332 e. The number of hydrazine groups is 1. The topological polar surface area (TPSA) is 102 Å². The van der Waals surface area contributed by atoms with Crippen molar-refractivity contribution in [2.75, 3.05) is 0 Å². The molecule has 2 aliphatic rings. The Hall–Kier alpha value is -2.27. The highest BCUT2D eigenvalue weighted by Crippen LogP contribution is 2.40. The minimum atomic E-state index is -2.71. The zero-order chi connectivity index (χ0) is 24.3. The summed E-state index contributed by atoms with van der Waals surface area (Å²) in [5.41, 5.74) is 8.10. The van der Waals surface area contributed by atoms with Gasteiger partial charge in [-0.15, -0.1) is 11.3 Å². The third kappa shape index (κ3) is 4.84. The summed E-state index contributed by atoms with van der Waals surface area (Å²) in [6, 6.07) is -0.805. The first-order valence-corrected chi connectivity index (χ1v) is 12.1. The molecule has 1 atom stereocenters. The van der Waals surface area contributed by atoms with Gasteiger partial charge in [0, 0.05) is 35.8 Å². The summed E-state index contributed by atoms with van der Waals surface area (Å²) in [6.07, 6.45) is 1.40. The number of nitrogens with two attached hydrogens (primary N) is 1. The first-order chi connectivity index (χ1) is 15.3. The summed E-state index contributed by atoms with van der Waals surface area (Å²) in [5, 5.41) is 1.71. The number of hydrogen-bond donors (Lipinski definition) is 2. The largest absolute Gasteiger partial charge is 0.350 e. The standard InChI is InChI=1S/C22H31F2N5O3S/c1-12-15(11-28(19(25)31)26-21(2,3)4)33-18-16(12)17(30)29(14-5-6-14)20(32)27(18)10-13-7-8-22(23,24)9-13/h13-14,26H,5-11H2,1-4H3,(H2,25,31). The molecule has 0 bridgehead atoms. The van der Waals surface area contributed by atoms with E-state index in [1.807, 2.05) is 20.8 Å². The number of carbonyl (C=O) groups excluding carboxylic acids is 1. The van der Waals surface area contributed by atoms with Crippen LogP contribution in [0.2, 0.25) is 0 Å². The van der Waals surface area contributed by atoms with Crippen LogP contribution in [0.15, 0.2) is 9.59 Å². The van der Waals surface area contributed by atoms with Crippen molar-refractivity contribution in [3.8, 4) is 0 Å². The minimum absolute atomic E-state index is 0.121. The van der Waals surface area contributed by atoms with E-state index >= 15 is 0 Å². The van der Waals surface area contributed by atoms with Crippen molar-refractivity contribution in [3.05, 3.63) is 31.3 Å². The summed E-state index contributed by atoms with van der Waals surface area (Å²) in [4.78, 5) is 39.9. The normalized spacial score (nSPS) is 20.5. The predicted molar refractivity (Wildman–Crippen MR) is 124 cm³/mol. The lowest BCUT2D eigenvalue weighted by atomic mass is 10.1. The Bertz CT molecular complexity index is 1210. The van der Waals surface area contributed by atoms with Gasteiger partial charge in [-0.2, -0.15) is 0 Å². The number of urea groups is 1. The highest BCUT2D eigenvalue weighted by molar-refractivity contribution is 7.18. The van der Waals surface area contributed by atoms with E-state index in [4.69, 9.17) is 5.73 Å². The van der Waals surface area contributed by atoms with Crippen molar-refractivity contribution < 1.29 is 13.6 Å². The van der Waals surface area contributed by atoms with Gasteiger partial charge in [0.2, 0.25) is 5.92 Å². The summed E-state index contributed by atoms with van der Waals surface area (Å²) in [5.74, 6) is -3.04. The number of carbonyl (C=O) groups is 1. The van der Waals surface area contributed by atoms with Crippen molar-refractivity contribution in [1.29, 1.82) is 0 Å². The van der Waals surface area contributed by atoms with Crippen LogP contribution in [0.4, 0.5) is 13.6 Å². The van der Waals surface area contributed by atoms with Crippen molar-refractivity contribution in [1.82, 2.24) is 19.6 Å². The van der Waals surface area contributed by atoms with Crippen LogP contribution >= 0.6 is 11.3 Å². The molecule has 0 spiro atoms. The van der Waals surface area contributed by atoms with Crippen molar-refractivity contribution >= 4 is 27.6 Å². The first kappa shape index (κ1) is 23.9. The highest BCUT2D eigenvalue weighted by Gasteiger charge is 2.40. The zero-order valence-electron chi connectivity index (χ0n) is 19.4. The number of aryl methyl sites for hydroxylation is 1. The maximum absolute atomic E-state index is 13.8. The number of nitrogens with one attached hydrogen (secondary N) is 1. The van der Waals surface area contributed by atoms with Gasteiger partial charge in [0.1, 0.15) is 4.83 Å². The number of alkyl halides is 2. The number of primary amides is 1. The summed E-state index contributed by atoms with van der Waals surface area (Å²) >= 11 is 1.25. The zero-order valence-corrected chi connectivity index (χ0v) is 20.2. The van der Waals surface area contributed by atoms with Gasteiger partial charge in [-0.25, -0.2) is 23.8 Å². The molecule has 0 radical (unpaired) electrons. The van der Waals surface area contributed by atoms with E-state index in [1.165, 1.54) is 25.5 Å². The van der Waals surface area contributed by atoms with Gasteiger partial charge < -0.3 is 5.73 Å². The quantitative estimate of drug-likeness (QED) is 0.614. The Morgan fingerprint density at radius 3 is 2.45 bits per heavy atom. The second-order valence-corrected chi connectivity index (χ2v) is 11.5. The molecule has 2 saturated carbocycles. The summed E-state index contributed by atoms with van der Waals surface area (Å²) in [7, 11) is 0. The van der Waals surface area contributed by atoms with Crippen LogP contribution in [-0.4, -0.2) is 31.6 Å². The molecule has 2 fully saturated rings. The number of fused-ring (bicyclic) bond motifs is 1. The third-order valence-corrected chi connectivity index (χ3v) is 7.54. The maximum atomic E-state index is 13.8. The van der Waals surface area contributed by atoms with E-state index in [1.54, 1.807) is 6.92 Å². The van der Waals surface area contributed by atoms with Gasteiger partial charge in [0.05, 0.1) is 11.9 Å². The molecule has 0 saturated heterocycles. The van der Waals surface area contributed by atoms with Gasteiger partial charge in [0.25, 0.3) is 5.56 Å². The van der Waals surface area contributed by atoms with Crippen LogP contribution in [0.25, 0.3) is 10.2 Å². The van der Waals surface area contributed by atoms with E-state index in [9.17, 15) is 23.2 Å². The Morgan fingerprint density at radius 2 is 1.94 bits per heavy atom. The van der Waals surface area contributed by atoms with Crippen molar-refractivity contribution in [2.45, 2.75) is 90.4 Å². The van der Waals surface area contributed by atoms with Crippen LogP contribution in [0.1, 0.15) is 69.4 Å². The lowest BCUT2D eigenvalue weighted by Gasteiger charge is -2.30. The van der Waals surface area contributed by atoms with Gasteiger partial charge in [-0.1, -0.05) is 0 Å². The smallest absolute Gasteiger partial charge is 0.332 e. The third-order valence-electron chi connectivity index (χ3n) is 6.24. The lowest BCUT2D eigenvalue weighted by molar-refractivity contribution is 0.00434. The van der Waals surface area contributed by atoms with E-state index < -0.39 is 23.2 Å². The molecule has 11 heteroatoms. The molecule has 2 amide bonds. The molecular formula is C22H31F2N5O3S. The Balaban J connectivity index is 1.81. The molecule has 2 aromatic heterocycles. The van der Waals surface area contributed by atoms with E-state index in [2.05, 4.69) is 5.43 Å². The number of thiophene rings is 1. The molecule has 0 aliphatic heterocycles. The van der Waals surface area contributed by atoms with Crippen molar-refractivity contribution in [2.24, 2.45) is 11.7 Å². The second kappa shape index (κ2) is 8.19. The van der Waals surface area contributed by atoms with E-state index in [0.717, 1.165) is 17.7 Å². The number of amides is 2. The number of hydrogen-bond acceptors (Lipinski definition) is 5. The number of nitrogens with zero attached hydrogens (tertiary/aromatic N) is 3. The molecule has 4 rings (SSSR count). The Morgan fingerprint density at radius 1 is 1.27 bits per heavy atom. The molecule has 33 heavy (non-hydrogen) atoms. The van der Waals surface area contributed by atoms with Crippen LogP contribution < -0.4 is 22.4 Å². The van der Waals surface area contributed by atoms with Gasteiger partial charge in [-0.05, 0) is 58.4 Å². The SMILES string of the molecule is Cc1c(CN(NC(C)(C)C)C(N)=O)sc2c1c(=O)n(C1CC1)c(=O)n2CC1CCC(F)(F)C1. The molecule has 182 valence electrons.